The molecule has 12 heteroatoms. The fourth-order valence-electron chi connectivity index (χ4n) is 4.82. The van der Waals surface area contributed by atoms with Crippen molar-refractivity contribution >= 4 is 17.9 Å². The van der Waals surface area contributed by atoms with Crippen molar-refractivity contribution in [3.05, 3.63) is 71.7 Å². The number of methoxy groups -OCH3 is 1. The molecule has 0 spiro atoms. The lowest BCUT2D eigenvalue weighted by Gasteiger charge is -2.31. The molecule has 1 aromatic heterocycles. The Kier molecular flexibility index (Phi) is 9.97. The van der Waals surface area contributed by atoms with E-state index in [1.54, 1.807) is 19.2 Å². The summed E-state index contributed by atoms with van der Waals surface area (Å²) in [5, 5.41) is 44.8. The molecule has 0 saturated heterocycles. The number of hydrogen-bond donors (Lipinski definition) is 6. The van der Waals surface area contributed by atoms with Gasteiger partial charge in [-0.2, -0.15) is 5.10 Å². The summed E-state index contributed by atoms with van der Waals surface area (Å²) in [5.41, 5.74) is 0.768. The molecular weight excluding hydrogens is 525 g/mol. The summed E-state index contributed by atoms with van der Waals surface area (Å²) in [6.07, 6.45) is 3.65. The number of halogens is 1. The molecule has 1 saturated carbocycles. The third-order valence-corrected chi connectivity index (χ3v) is 6.83. The SMILES string of the molecule is COc1cccc(-c2[nH]ncc2CNC2(c3ccccc3F)CCCC2)c1.O=C(O)CC(O)(CC(=O)O)C(=O)O. The molecule has 1 fully saturated rings. The molecule has 0 amide bonds. The zero-order valence-electron chi connectivity index (χ0n) is 21.9. The van der Waals surface area contributed by atoms with E-state index in [2.05, 4.69) is 15.5 Å². The number of nitrogens with zero attached hydrogens (tertiary/aromatic N) is 1. The van der Waals surface area contributed by atoms with Gasteiger partial charge in [0.2, 0.25) is 0 Å². The first kappa shape index (κ1) is 30.3. The molecule has 11 nitrogen and oxygen atoms in total. The smallest absolute Gasteiger partial charge is 0.336 e. The van der Waals surface area contributed by atoms with Crippen LogP contribution in [0.3, 0.4) is 0 Å². The summed E-state index contributed by atoms with van der Waals surface area (Å²) in [6, 6.07) is 15.0. The third-order valence-electron chi connectivity index (χ3n) is 6.83. The molecule has 40 heavy (non-hydrogen) atoms. The van der Waals surface area contributed by atoms with Crippen molar-refractivity contribution in [3.8, 4) is 17.0 Å². The number of carbonyl (C=O) groups is 3. The minimum Gasteiger partial charge on any atom is -0.497 e. The van der Waals surface area contributed by atoms with Crippen LogP contribution in [0.1, 0.15) is 49.7 Å². The summed E-state index contributed by atoms with van der Waals surface area (Å²) >= 11 is 0. The maximum absolute atomic E-state index is 14.5. The monoisotopic (exact) mass is 557 g/mol. The Morgan fingerprint density at radius 1 is 1.05 bits per heavy atom. The summed E-state index contributed by atoms with van der Waals surface area (Å²) in [4.78, 5) is 30.5. The Bertz CT molecular complexity index is 1320. The van der Waals surface area contributed by atoms with Crippen LogP contribution in [0.5, 0.6) is 5.75 Å². The van der Waals surface area contributed by atoms with Gasteiger partial charge in [-0.1, -0.05) is 43.2 Å². The highest BCUT2D eigenvalue weighted by Gasteiger charge is 2.41. The zero-order chi connectivity index (χ0) is 29.3. The largest absolute Gasteiger partial charge is 0.497 e. The molecule has 0 bridgehead atoms. The van der Waals surface area contributed by atoms with E-state index < -0.39 is 36.4 Å². The first-order valence-electron chi connectivity index (χ1n) is 12.6. The zero-order valence-corrected chi connectivity index (χ0v) is 21.9. The molecule has 214 valence electrons. The van der Waals surface area contributed by atoms with Crippen molar-refractivity contribution in [1.82, 2.24) is 15.5 Å². The van der Waals surface area contributed by atoms with Gasteiger partial charge in [0.15, 0.2) is 5.60 Å². The molecule has 0 aliphatic heterocycles. The minimum absolute atomic E-state index is 0.132. The topological polar surface area (TPSA) is 182 Å². The third kappa shape index (κ3) is 7.42. The summed E-state index contributed by atoms with van der Waals surface area (Å²) < 4.78 is 19.8. The normalized spacial score (nSPS) is 14.2. The van der Waals surface area contributed by atoms with Gasteiger partial charge >= 0.3 is 17.9 Å². The minimum atomic E-state index is -2.74. The van der Waals surface area contributed by atoms with Gasteiger partial charge < -0.3 is 30.5 Å². The number of benzene rings is 2. The molecule has 6 N–H and O–H groups in total. The van der Waals surface area contributed by atoms with Crippen molar-refractivity contribution < 1.29 is 43.9 Å². The highest BCUT2D eigenvalue weighted by molar-refractivity contribution is 5.88. The number of ether oxygens (including phenoxy) is 1. The van der Waals surface area contributed by atoms with Crippen LogP contribution >= 0.6 is 0 Å². The fraction of sp³-hybridized carbons (Fsp3) is 0.357. The van der Waals surface area contributed by atoms with Crippen LogP contribution < -0.4 is 10.1 Å². The highest BCUT2D eigenvalue weighted by atomic mass is 19.1. The van der Waals surface area contributed by atoms with Crippen LogP contribution in [-0.2, 0) is 26.5 Å². The lowest BCUT2D eigenvalue weighted by molar-refractivity contribution is -0.170. The van der Waals surface area contributed by atoms with E-state index in [-0.39, 0.29) is 11.4 Å². The van der Waals surface area contributed by atoms with Crippen LogP contribution in [0.25, 0.3) is 11.3 Å². The molecule has 1 heterocycles. The van der Waals surface area contributed by atoms with E-state index in [0.29, 0.717) is 6.54 Å². The highest BCUT2D eigenvalue weighted by Crippen LogP contribution is 2.40. The van der Waals surface area contributed by atoms with E-state index >= 15 is 0 Å². The molecule has 0 atom stereocenters. The first-order valence-corrected chi connectivity index (χ1v) is 12.6. The van der Waals surface area contributed by atoms with E-state index in [0.717, 1.165) is 53.8 Å². The number of carboxylic acids is 3. The van der Waals surface area contributed by atoms with Crippen LogP contribution in [0.4, 0.5) is 4.39 Å². The lowest BCUT2D eigenvalue weighted by atomic mass is 9.87. The second-order valence-electron chi connectivity index (χ2n) is 9.60. The van der Waals surface area contributed by atoms with Crippen LogP contribution in [0.15, 0.2) is 54.7 Å². The van der Waals surface area contributed by atoms with Crippen molar-refractivity contribution in [2.45, 2.75) is 56.2 Å². The number of aliphatic carboxylic acids is 3. The summed E-state index contributed by atoms with van der Waals surface area (Å²) in [6.45, 7) is 0.622. The summed E-state index contributed by atoms with van der Waals surface area (Å²) in [7, 11) is 1.66. The van der Waals surface area contributed by atoms with Gasteiger partial charge in [-0.3, -0.25) is 14.7 Å². The Hall–Kier alpha value is -4.29. The fourth-order valence-corrected chi connectivity index (χ4v) is 4.82. The number of aromatic amines is 1. The molecule has 3 aromatic rings. The maximum atomic E-state index is 14.5. The van der Waals surface area contributed by atoms with Gasteiger partial charge in [0.25, 0.3) is 0 Å². The number of rotatable bonds is 11. The maximum Gasteiger partial charge on any atom is 0.336 e. The van der Waals surface area contributed by atoms with E-state index in [1.807, 2.05) is 42.6 Å². The molecule has 1 aliphatic rings. The number of aliphatic hydroxyl groups is 1. The Labute approximate surface area is 229 Å². The van der Waals surface area contributed by atoms with E-state index in [9.17, 15) is 18.8 Å². The predicted molar refractivity (Wildman–Crippen MR) is 141 cm³/mol. The molecule has 0 radical (unpaired) electrons. The summed E-state index contributed by atoms with van der Waals surface area (Å²) in [5.74, 6) is -4.35. The predicted octanol–water partition coefficient (Wildman–Crippen LogP) is 3.54. The number of nitrogens with one attached hydrogen (secondary N) is 2. The van der Waals surface area contributed by atoms with Crippen molar-refractivity contribution in [2.75, 3.05) is 7.11 Å². The first-order chi connectivity index (χ1) is 19.0. The molecule has 0 unspecified atom stereocenters. The molecule has 4 rings (SSSR count). The Morgan fingerprint density at radius 2 is 1.70 bits per heavy atom. The van der Waals surface area contributed by atoms with E-state index in [1.165, 1.54) is 0 Å². The van der Waals surface area contributed by atoms with Crippen molar-refractivity contribution in [2.24, 2.45) is 0 Å². The Morgan fingerprint density at radius 3 is 2.27 bits per heavy atom. The number of hydrogen-bond acceptors (Lipinski definition) is 7. The van der Waals surface area contributed by atoms with Gasteiger partial charge in [-0.25, -0.2) is 9.18 Å². The standard InChI is InChI=1S/C22H24FN3O.C6H8O7/c1-27-18-8-6-7-16(13-18)21-17(15-25-26-21)14-24-22(11-4-5-12-22)19-9-2-3-10-20(19)23;7-3(8)1-6(13,5(11)12)2-4(9)10/h2-3,6-10,13,15,24H,4-5,11-12,14H2,1H3,(H,25,26);13H,1-2H2,(H,7,8)(H,9,10)(H,11,12). The number of H-pyrrole nitrogens is 1. The average Bonchev–Trinajstić information content (AvgIpc) is 3.57. The van der Waals surface area contributed by atoms with Crippen molar-refractivity contribution in [1.29, 1.82) is 0 Å². The van der Waals surface area contributed by atoms with Gasteiger partial charge in [0.05, 0.1) is 31.8 Å². The second-order valence-corrected chi connectivity index (χ2v) is 9.60. The van der Waals surface area contributed by atoms with Gasteiger partial charge in [-0.05, 0) is 31.0 Å². The van der Waals surface area contributed by atoms with Crippen LogP contribution in [-0.4, -0.2) is 61.2 Å². The number of carboxylic acid groups (broad SMARTS) is 3. The average molecular weight is 558 g/mol. The van der Waals surface area contributed by atoms with Crippen molar-refractivity contribution in [3.63, 3.8) is 0 Å². The quantitative estimate of drug-likeness (QED) is 0.204. The van der Waals surface area contributed by atoms with Gasteiger partial charge in [-0.15, -0.1) is 0 Å². The Balaban J connectivity index is 0.000000289. The molecule has 2 aromatic carbocycles. The molecular formula is C28H32FN3O8. The lowest BCUT2D eigenvalue weighted by Crippen LogP contribution is -2.42. The van der Waals surface area contributed by atoms with Crippen LogP contribution in [0.2, 0.25) is 0 Å². The van der Waals surface area contributed by atoms with Gasteiger partial charge in [0, 0.05) is 28.8 Å². The molecule has 1 aliphatic carbocycles. The van der Waals surface area contributed by atoms with Crippen LogP contribution in [0, 0.1) is 5.82 Å². The second kappa shape index (κ2) is 13.2. The number of aromatic nitrogens is 2. The van der Waals surface area contributed by atoms with Gasteiger partial charge in [0.1, 0.15) is 11.6 Å². The van der Waals surface area contributed by atoms with E-state index in [4.69, 9.17) is 25.2 Å².